The van der Waals surface area contributed by atoms with Gasteiger partial charge in [-0.15, -0.1) is 0 Å². The smallest absolute Gasteiger partial charge is 0.276 e. The first-order valence-corrected chi connectivity index (χ1v) is 10.6. The van der Waals surface area contributed by atoms with Gasteiger partial charge in [0.15, 0.2) is 11.5 Å². The van der Waals surface area contributed by atoms with Crippen LogP contribution in [-0.2, 0) is 0 Å². The largest absolute Gasteiger partial charge is 0.321 e. The topological polar surface area (TPSA) is 116 Å². The average molecular weight is 448 g/mol. The zero-order chi connectivity index (χ0) is 23.5. The fraction of sp³-hybridized carbons (Fsp3) is 0.0385. The van der Waals surface area contributed by atoms with Crippen molar-refractivity contribution >= 4 is 40.4 Å². The molecule has 0 radical (unpaired) electrons. The van der Waals surface area contributed by atoms with E-state index in [1.807, 2.05) is 43.3 Å². The fourth-order valence-corrected chi connectivity index (χ4v) is 3.58. The molecule has 0 saturated heterocycles. The number of ketones is 1. The Morgan fingerprint density at radius 2 is 1.76 bits per heavy atom. The van der Waals surface area contributed by atoms with Gasteiger partial charge in [-0.05, 0) is 61.5 Å². The van der Waals surface area contributed by atoms with Gasteiger partial charge in [-0.25, -0.2) is 0 Å². The van der Waals surface area contributed by atoms with E-state index in [-0.39, 0.29) is 17.4 Å². The highest BCUT2D eigenvalue weighted by Crippen LogP contribution is 2.22. The molecule has 3 heterocycles. The molecule has 5 aromatic rings. The van der Waals surface area contributed by atoms with E-state index in [4.69, 9.17) is 0 Å². The summed E-state index contributed by atoms with van der Waals surface area (Å²) >= 11 is 0. The van der Waals surface area contributed by atoms with E-state index in [0.717, 1.165) is 28.0 Å². The number of benzene rings is 2. The maximum atomic E-state index is 13.1. The minimum Gasteiger partial charge on any atom is -0.321 e. The van der Waals surface area contributed by atoms with Crippen LogP contribution >= 0.6 is 0 Å². The highest BCUT2D eigenvalue weighted by atomic mass is 16.2. The van der Waals surface area contributed by atoms with Crippen LogP contribution in [0.3, 0.4) is 0 Å². The average Bonchev–Trinajstić information content (AvgIpc) is 3.49. The Morgan fingerprint density at radius 3 is 2.56 bits per heavy atom. The summed E-state index contributed by atoms with van der Waals surface area (Å²) in [6, 6.07) is 19.6. The predicted octanol–water partition coefficient (Wildman–Crippen LogP) is 4.64. The summed E-state index contributed by atoms with van der Waals surface area (Å²) in [6.45, 7) is 1.82. The van der Waals surface area contributed by atoms with Gasteiger partial charge in [-0.1, -0.05) is 24.3 Å². The van der Waals surface area contributed by atoms with Gasteiger partial charge in [-0.2, -0.15) is 10.2 Å². The number of nitrogens with one attached hydrogen (secondary N) is 3. The van der Waals surface area contributed by atoms with Gasteiger partial charge >= 0.3 is 0 Å². The Labute approximate surface area is 194 Å². The van der Waals surface area contributed by atoms with Gasteiger partial charge in [0.2, 0.25) is 0 Å². The lowest BCUT2D eigenvalue weighted by Crippen LogP contribution is -2.13. The highest BCUT2D eigenvalue weighted by molar-refractivity contribution is 6.11. The van der Waals surface area contributed by atoms with Crippen LogP contribution in [0.5, 0.6) is 0 Å². The maximum absolute atomic E-state index is 13.1. The van der Waals surface area contributed by atoms with E-state index >= 15 is 0 Å². The standard InChI is InChI=1S/C26H20N6O2/c1-16-13-24(32-29-16)26(34)28-20-7-4-5-17(14-20)25(33)18-8-10-21-22(30-31-23(21)15-18)11-9-19-6-2-3-12-27-19/h2-15H,1H3,(H,28,34)(H,29,32)(H,30,31). The molecule has 2 aromatic carbocycles. The summed E-state index contributed by atoms with van der Waals surface area (Å²) < 4.78 is 0. The summed E-state index contributed by atoms with van der Waals surface area (Å²) in [4.78, 5) is 29.8. The number of fused-ring (bicyclic) bond motifs is 1. The van der Waals surface area contributed by atoms with E-state index in [1.165, 1.54) is 0 Å². The number of aromatic amines is 2. The number of carbonyl (C=O) groups is 2. The number of aryl methyl sites for hydroxylation is 1. The van der Waals surface area contributed by atoms with E-state index in [0.29, 0.717) is 16.8 Å². The third kappa shape index (κ3) is 4.37. The van der Waals surface area contributed by atoms with Crippen LogP contribution in [0.1, 0.15) is 43.5 Å². The summed E-state index contributed by atoms with van der Waals surface area (Å²) in [5.41, 5.74) is 4.92. The summed E-state index contributed by atoms with van der Waals surface area (Å²) in [5.74, 6) is -0.507. The lowest BCUT2D eigenvalue weighted by molar-refractivity contribution is 0.101. The second-order valence-electron chi connectivity index (χ2n) is 7.76. The number of carbonyl (C=O) groups excluding carboxylic acids is 2. The first-order chi connectivity index (χ1) is 16.6. The van der Waals surface area contributed by atoms with Gasteiger partial charge in [0.25, 0.3) is 5.91 Å². The molecule has 0 unspecified atom stereocenters. The van der Waals surface area contributed by atoms with Crippen molar-refractivity contribution in [3.05, 3.63) is 107 Å². The third-order valence-corrected chi connectivity index (χ3v) is 5.28. The second-order valence-corrected chi connectivity index (χ2v) is 7.76. The number of nitrogens with zero attached hydrogens (tertiary/aromatic N) is 3. The molecule has 0 aliphatic carbocycles. The number of rotatable bonds is 6. The second kappa shape index (κ2) is 8.95. The van der Waals surface area contributed by atoms with E-state index in [9.17, 15) is 9.59 Å². The van der Waals surface area contributed by atoms with Crippen LogP contribution in [0, 0.1) is 6.92 Å². The van der Waals surface area contributed by atoms with Gasteiger partial charge in [-0.3, -0.25) is 24.8 Å². The Kier molecular flexibility index (Phi) is 5.53. The van der Waals surface area contributed by atoms with Gasteiger partial charge in [0.05, 0.1) is 16.9 Å². The summed E-state index contributed by atoms with van der Waals surface area (Å²) in [6.07, 6.45) is 5.51. The van der Waals surface area contributed by atoms with Crippen LogP contribution in [0.15, 0.2) is 72.9 Å². The summed E-state index contributed by atoms with van der Waals surface area (Å²) in [5, 5.41) is 17.7. The first kappa shape index (κ1) is 21.0. The lowest BCUT2D eigenvalue weighted by Gasteiger charge is -2.06. The monoisotopic (exact) mass is 448 g/mol. The van der Waals surface area contributed by atoms with Crippen molar-refractivity contribution in [2.75, 3.05) is 5.32 Å². The van der Waals surface area contributed by atoms with Crippen molar-refractivity contribution in [2.24, 2.45) is 0 Å². The molecule has 5 rings (SSSR count). The molecule has 8 heteroatoms. The van der Waals surface area contributed by atoms with Gasteiger partial charge < -0.3 is 5.32 Å². The van der Waals surface area contributed by atoms with Crippen LogP contribution in [0.4, 0.5) is 5.69 Å². The Balaban J connectivity index is 1.36. The molecule has 0 fully saturated rings. The zero-order valence-electron chi connectivity index (χ0n) is 18.2. The number of aromatic nitrogens is 5. The quantitative estimate of drug-likeness (QED) is 0.327. The van der Waals surface area contributed by atoms with Crippen LogP contribution in [0.25, 0.3) is 23.1 Å². The molecule has 166 valence electrons. The molecule has 0 atom stereocenters. The number of hydrogen-bond acceptors (Lipinski definition) is 5. The molecule has 0 saturated carbocycles. The predicted molar refractivity (Wildman–Crippen MR) is 130 cm³/mol. The number of hydrogen-bond donors (Lipinski definition) is 3. The van der Waals surface area contributed by atoms with Crippen molar-refractivity contribution in [3.8, 4) is 0 Å². The number of pyridine rings is 1. The number of amides is 1. The fourth-order valence-electron chi connectivity index (χ4n) is 3.58. The molecule has 0 aliphatic rings. The molecular formula is C26H20N6O2. The Bertz CT molecular complexity index is 1530. The van der Waals surface area contributed by atoms with Gasteiger partial charge in [0, 0.05) is 34.1 Å². The SMILES string of the molecule is Cc1cc(C(=O)Nc2cccc(C(=O)c3ccc4c(C=Cc5ccccn5)n[nH]c4c3)c2)n[nH]1. The molecule has 8 nitrogen and oxygen atoms in total. The van der Waals surface area contributed by atoms with E-state index in [1.54, 1.807) is 48.7 Å². The van der Waals surface area contributed by atoms with Crippen LogP contribution < -0.4 is 5.32 Å². The van der Waals surface area contributed by atoms with E-state index in [2.05, 4.69) is 30.7 Å². The van der Waals surface area contributed by atoms with Crippen LogP contribution in [0.2, 0.25) is 0 Å². The normalized spacial score (nSPS) is 11.2. The first-order valence-electron chi connectivity index (χ1n) is 10.6. The third-order valence-electron chi connectivity index (χ3n) is 5.28. The molecule has 3 aromatic heterocycles. The van der Waals surface area contributed by atoms with Crippen molar-refractivity contribution in [1.82, 2.24) is 25.4 Å². The van der Waals surface area contributed by atoms with E-state index < -0.39 is 0 Å². The van der Waals surface area contributed by atoms with Gasteiger partial charge in [0.1, 0.15) is 0 Å². The zero-order valence-corrected chi connectivity index (χ0v) is 18.2. The maximum Gasteiger partial charge on any atom is 0.276 e. The van der Waals surface area contributed by atoms with Crippen molar-refractivity contribution in [2.45, 2.75) is 6.92 Å². The lowest BCUT2D eigenvalue weighted by atomic mass is 10.0. The molecule has 34 heavy (non-hydrogen) atoms. The minimum absolute atomic E-state index is 0.159. The van der Waals surface area contributed by atoms with Crippen LogP contribution in [-0.4, -0.2) is 37.1 Å². The molecule has 3 N–H and O–H groups in total. The summed E-state index contributed by atoms with van der Waals surface area (Å²) in [7, 11) is 0. The molecule has 0 aliphatic heterocycles. The number of anilines is 1. The van der Waals surface area contributed by atoms with Crippen molar-refractivity contribution in [1.29, 1.82) is 0 Å². The molecule has 1 amide bonds. The molecule has 0 spiro atoms. The minimum atomic E-state index is -0.348. The molecule has 0 bridgehead atoms. The Hall–Kier alpha value is -4.85. The van der Waals surface area contributed by atoms with Crippen molar-refractivity contribution < 1.29 is 9.59 Å². The van der Waals surface area contributed by atoms with Crippen molar-refractivity contribution in [3.63, 3.8) is 0 Å². The molecular weight excluding hydrogens is 428 g/mol. The Morgan fingerprint density at radius 1 is 0.882 bits per heavy atom. The number of H-pyrrole nitrogens is 2. The highest BCUT2D eigenvalue weighted by Gasteiger charge is 2.14.